The van der Waals surface area contributed by atoms with Gasteiger partial charge in [0.2, 0.25) is 0 Å². The van der Waals surface area contributed by atoms with Crippen molar-refractivity contribution < 1.29 is 9.50 Å². The molecule has 0 aromatic heterocycles. The number of nitrogens with two attached hydrogens (primary N) is 1. The first-order valence-electron chi connectivity index (χ1n) is 5.06. The molecule has 1 aromatic rings. The molecule has 3 N–H and O–H groups in total. The van der Waals surface area contributed by atoms with Gasteiger partial charge in [-0.05, 0) is 13.0 Å². The molecule has 0 saturated carbocycles. The van der Waals surface area contributed by atoms with Crippen LogP contribution >= 0.6 is 0 Å². The van der Waals surface area contributed by atoms with Gasteiger partial charge in [-0.3, -0.25) is 4.90 Å². The van der Waals surface area contributed by atoms with Crippen molar-refractivity contribution in [1.29, 1.82) is 0 Å². The molecule has 1 fully saturated rings. The van der Waals surface area contributed by atoms with E-state index in [9.17, 15) is 9.50 Å². The first kappa shape index (κ1) is 10.4. The van der Waals surface area contributed by atoms with Gasteiger partial charge in [-0.1, -0.05) is 6.07 Å². The van der Waals surface area contributed by atoms with Crippen LogP contribution in [-0.4, -0.2) is 29.1 Å². The van der Waals surface area contributed by atoms with Crippen LogP contribution in [0.1, 0.15) is 18.5 Å². The zero-order chi connectivity index (χ0) is 11.0. The summed E-state index contributed by atoms with van der Waals surface area (Å²) in [7, 11) is 0. The maximum atomic E-state index is 12.8. The second kappa shape index (κ2) is 3.79. The Balaban J connectivity index is 2.15. The van der Waals surface area contributed by atoms with E-state index in [2.05, 4.69) is 4.90 Å². The number of likely N-dealkylation sites (tertiary alicyclic amines) is 1. The largest absolute Gasteiger partial charge is 0.508 e. The molecule has 0 bridgehead atoms. The lowest BCUT2D eigenvalue weighted by Gasteiger charge is -2.41. The molecule has 2 rings (SSSR count). The third kappa shape index (κ3) is 1.96. The van der Waals surface area contributed by atoms with Gasteiger partial charge < -0.3 is 10.8 Å². The quantitative estimate of drug-likeness (QED) is 0.772. The molecule has 1 heterocycles. The van der Waals surface area contributed by atoms with Crippen molar-refractivity contribution in [3.63, 3.8) is 0 Å². The lowest BCUT2D eigenvalue weighted by molar-refractivity contribution is 0.102. The topological polar surface area (TPSA) is 49.5 Å². The summed E-state index contributed by atoms with van der Waals surface area (Å²) < 4.78 is 12.8. The van der Waals surface area contributed by atoms with Gasteiger partial charge in [-0.25, -0.2) is 4.39 Å². The highest BCUT2D eigenvalue weighted by atomic mass is 19.1. The molecule has 1 aliphatic rings. The van der Waals surface area contributed by atoms with E-state index in [0.717, 1.165) is 24.7 Å². The van der Waals surface area contributed by atoms with Gasteiger partial charge in [-0.2, -0.15) is 0 Å². The second-order valence-electron chi connectivity index (χ2n) is 4.09. The number of hydrogen-bond donors (Lipinski definition) is 2. The minimum atomic E-state index is -0.413. The second-order valence-corrected chi connectivity index (χ2v) is 4.09. The Bertz CT molecular complexity index is 364. The van der Waals surface area contributed by atoms with Crippen molar-refractivity contribution in [2.45, 2.75) is 19.0 Å². The average Bonchev–Trinajstić information content (AvgIpc) is 2.12. The van der Waals surface area contributed by atoms with E-state index >= 15 is 0 Å². The van der Waals surface area contributed by atoms with Gasteiger partial charge in [-0.15, -0.1) is 0 Å². The minimum absolute atomic E-state index is 0.0166. The highest BCUT2D eigenvalue weighted by Crippen LogP contribution is 2.31. The summed E-state index contributed by atoms with van der Waals surface area (Å²) in [5.74, 6) is -0.397. The van der Waals surface area contributed by atoms with Crippen molar-refractivity contribution in [1.82, 2.24) is 4.90 Å². The molecule has 1 atom stereocenters. The molecule has 1 aromatic carbocycles. The van der Waals surface area contributed by atoms with E-state index in [0.29, 0.717) is 0 Å². The Morgan fingerprint density at radius 2 is 2.20 bits per heavy atom. The van der Waals surface area contributed by atoms with Crippen LogP contribution in [0.15, 0.2) is 18.2 Å². The molecule has 1 unspecified atom stereocenters. The van der Waals surface area contributed by atoms with Crippen molar-refractivity contribution in [2.75, 3.05) is 13.1 Å². The molecule has 1 aliphatic heterocycles. The number of nitrogens with zero attached hydrogens (tertiary/aromatic N) is 1. The molecule has 0 aliphatic carbocycles. The van der Waals surface area contributed by atoms with Gasteiger partial charge in [0.25, 0.3) is 0 Å². The fourth-order valence-corrected chi connectivity index (χ4v) is 1.93. The molecule has 15 heavy (non-hydrogen) atoms. The Morgan fingerprint density at radius 3 is 2.73 bits per heavy atom. The van der Waals surface area contributed by atoms with E-state index in [1.54, 1.807) is 6.07 Å². The summed E-state index contributed by atoms with van der Waals surface area (Å²) in [6, 6.07) is 4.45. The van der Waals surface area contributed by atoms with Gasteiger partial charge in [0, 0.05) is 36.8 Å². The van der Waals surface area contributed by atoms with Crippen LogP contribution in [-0.2, 0) is 0 Å². The molecule has 0 amide bonds. The smallest absolute Gasteiger partial charge is 0.126 e. The van der Waals surface area contributed by atoms with Crippen molar-refractivity contribution >= 4 is 0 Å². The lowest BCUT2D eigenvalue weighted by atomic mass is 10.0. The first-order valence-corrected chi connectivity index (χ1v) is 5.06. The fraction of sp³-hybridized carbons (Fsp3) is 0.455. The number of halogens is 1. The zero-order valence-corrected chi connectivity index (χ0v) is 8.65. The first-order chi connectivity index (χ1) is 7.08. The maximum absolute atomic E-state index is 12.8. The summed E-state index contributed by atoms with van der Waals surface area (Å²) in [6.07, 6.45) is 0. The van der Waals surface area contributed by atoms with Crippen LogP contribution in [0, 0.1) is 5.82 Å². The van der Waals surface area contributed by atoms with E-state index in [4.69, 9.17) is 5.73 Å². The van der Waals surface area contributed by atoms with E-state index in [-0.39, 0.29) is 17.8 Å². The van der Waals surface area contributed by atoms with Crippen LogP contribution in [0.4, 0.5) is 4.39 Å². The van der Waals surface area contributed by atoms with Gasteiger partial charge in [0.05, 0.1) is 0 Å². The molecular weight excluding hydrogens is 195 g/mol. The fourth-order valence-electron chi connectivity index (χ4n) is 1.93. The normalized spacial score (nSPS) is 19.9. The third-order valence-corrected chi connectivity index (χ3v) is 2.93. The minimum Gasteiger partial charge on any atom is -0.508 e. The number of benzene rings is 1. The van der Waals surface area contributed by atoms with Gasteiger partial charge in [0.15, 0.2) is 0 Å². The molecule has 0 radical (unpaired) electrons. The highest BCUT2D eigenvalue weighted by molar-refractivity contribution is 5.35. The SMILES string of the molecule is CC(c1ccc(F)cc1O)N1CC(N)C1. The van der Waals surface area contributed by atoms with Crippen molar-refractivity contribution in [2.24, 2.45) is 5.73 Å². The molecule has 4 heteroatoms. The molecular formula is C11H15FN2O. The number of aromatic hydroxyl groups is 1. The zero-order valence-electron chi connectivity index (χ0n) is 8.65. The van der Waals surface area contributed by atoms with E-state index in [1.165, 1.54) is 6.07 Å². The number of rotatable bonds is 2. The number of hydrogen-bond acceptors (Lipinski definition) is 3. The van der Waals surface area contributed by atoms with Crippen LogP contribution in [0.3, 0.4) is 0 Å². The summed E-state index contributed by atoms with van der Waals surface area (Å²) in [5, 5.41) is 9.60. The van der Waals surface area contributed by atoms with Crippen LogP contribution in [0.25, 0.3) is 0 Å². The Hall–Kier alpha value is -1.13. The van der Waals surface area contributed by atoms with Crippen LogP contribution < -0.4 is 5.73 Å². The molecule has 1 saturated heterocycles. The average molecular weight is 210 g/mol. The Morgan fingerprint density at radius 1 is 1.53 bits per heavy atom. The standard InChI is InChI=1S/C11H15FN2O/c1-7(14-5-9(13)6-14)10-3-2-8(12)4-11(10)15/h2-4,7,9,15H,5-6,13H2,1H3. The highest BCUT2D eigenvalue weighted by Gasteiger charge is 2.29. The summed E-state index contributed by atoms with van der Waals surface area (Å²) in [4.78, 5) is 2.15. The lowest BCUT2D eigenvalue weighted by Crippen LogP contribution is -2.56. The van der Waals surface area contributed by atoms with E-state index in [1.807, 2.05) is 6.92 Å². The van der Waals surface area contributed by atoms with Crippen molar-refractivity contribution in [3.05, 3.63) is 29.6 Å². The predicted octanol–water partition coefficient (Wildman–Crippen LogP) is 1.24. The molecule has 3 nitrogen and oxygen atoms in total. The van der Waals surface area contributed by atoms with Gasteiger partial charge in [0.1, 0.15) is 11.6 Å². The van der Waals surface area contributed by atoms with E-state index < -0.39 is 5.82 Å². The molecule has 0 spiro atoms. The summed E-state index contributed by atoms with van der Waals surface area (Å²) in [6.45, 7) is 3.65. The number of phenols is 1. The monoisotopic (exact) mass is 210 g/mol. The van der Waals surface area contributed by atoms with Gasteiger partial charge >= 0.3 is 0 Å². The third-order valence-electron chi connectivity index (χ3n) is 2.93. The van der Waals surface area contributed by atoms with Crippen molar-refractivity contribution in [3.8, 4) is 5.75 Å². The predicted molar refractivity (Wildman–Crippen MR) is 56.0 cm³/mol. The van der Waals surface area contributed by atoms with Crippen LogP contribution in [0.2, 0.25) is 0 Å². The maximum Gasteiger partial charge on any atom is 0.126 e. The van der Waals surface area contributed by atoms with Crippen LogP contribution in [0.5, 0.6) is 5.75 Å². The summed E-state index contributed by atoms with van der Waals surface area (Å²) in [5.41, 5.74) is 6.44. The Labute approximate surface area is 88.3 Å². The summed E-state index contributed by atoms with van der Waals surface area (Å²) >= 11 is 0. The Kier molecular flexibility index (Phi) is 2.63. The number of phenolic OH excluding ortho intramolecular Hbond substituents is 1. The molecule has 82 valence electrons.